The van der Waals surface area contributed by atoms with Crippen LogP contribution >= 0.6 is 15.9 Å². The number of hydrogen-bond acceptors (Lipinski definition) is 3. The van der Waals surface area contributed by atoms with Crippen LogP contribution in [0.25, 0.3) is 0 Å². The van der Waals surface area contributed by atoms with Gasteiger partial charge in [0.05, 0.1) is 0 Å². The summed E-state index contributed by atoms with van der Waals surface area (Å²) in [5.41, 5.74) is 0.861. The summed E-state index contributed by atoms with van der Waals surface area (Å²) in [6, 6.07) is 8.13. The second-order valence-corrected chi connectivity index (χ2v) is 4.69. The molecule has 0 saturated carbocycles. The molecule has 0 amide bonds. The predicted octanol–water partition coefficient (Wildman–Crippen LogP) is 3.74. The van der Waals surface area contributed by atoms with Crippen molar-refractivity contribution in [3.05, 3.63) is 52.0 Å². The van der Waals surface area contributed by atoms with Gasteiger partial charge >= 0.3 is 0 Å². The number of ether oxygens (including phenoxy) is 1. The molecular formula is C13H11BrF2N2O. The highest BCUT2D eigenvalue weighted by molar-refractivity contribution is 9.10. The maximum Gasteiger partial charge on any atom is 0.252 e. The Morgan fingerprint density at radius 1 is 1.21 bits per heavy atom. The molecule has 0 radical (unpaired) electrons. The lowest BCUT2D eigenvalue weighted by Gasteiger charge is -2.09. The molecule has 100 valence electrons. The van der Waals surface area contributed by atoms with Crippen LogP contribution in [0.3, 0.4) is 0 Å². The molecule has 6 heteroatoms. The van der Waals surface area contributed by atoms with Crippen LogP contribution in [0, 0.1) is 11.6 Å². The summed E-state index contributed by atoms with van der Waals surface area (Å²) in [5.74, 6) is -1.86. The van der Waals surface area contributed by atoms with Gasteiger partial charge in [-0.2, -0.15) is 4.98 Å². The van der Waals surface area contributed by atoms with Crippen LogP contribution in [0.5, 0.6) is 5.88 Å². The summed E-state index contributed by atoms with van der Waals surface area (Å²) in [6.07, 6.45) is 0. The second-order valence-electron chi connectivity index (χ2n) is 3.77. The average Bonchev–Trinajstić information content (AvgIpc) is 2.40. The van der Waals surface area contributed by atoms with E-state index in [1.807, 2.05) is 24.3 Å². The van der Waals surface area contributed by atoms with Crippen molar-refractivity contribution >= 4 is 21.7 Å². The minimum absolute atomic E-state index is 0.0489. The van der Waals surface area contributed by atoms with Crippen LogP contribution in [0.2, 0.25) is 0 Å². The Morgan fingerprint density at radius 2 is 1.89 bits per heavy atom. The molecule has 3 nitrogen and oxygen atoms in total. The Hall–Kier alpha value is -1.69. The number of benzene rings is 1. The maximum atomic E-state index is 13.5. The third-order valence-electron chi connectivity index (χ3n) is 2.42. The topological polar surface area (TPSA) is 34.2 Å². The number of rotatable bonds is 4. The van der Waals surface area contributed by atoms with Gasteiger partial charge in [-0.3, -0.25) is 0 Å². The van der Waals surface area contributed by atoms with Gasteiger partial charge in [-0.25, -0.2) is 8.78 Å². The van der Waals surface area contributed by atoms with Gasteiger partial charge in [0.1, 0.15) is 6.61 Å². The Kier molecular flexibility index (Phi) is 4.31. The first-order valence-electron chi connectivity index (χ1n) is 5.51. The minimum Gasteiger partial charge on any atom is -0.471 e. The van der Waals surface area contributed by atoms with E-state index in [4.69, 9.17) is 4.74 Å². The number of pyridine rings is 1. The number of anilines is 1. The first-order valence-corrected chi connectivity index (χ1v) is 6.30. The van der Waals surface area contributed by atoms with Gasteiger partial charge in [0.25, 0.3) is 5.88 Å². The molecule has 0 unspecified atom stereocenters. The predicted molar refractivity (Wildman–Crippen MR) is 72.2 cm³/mol. The SMILES string of the molecule is CNc1nc(OCc2ccc(Br)cc2)c(F)cc1F. The van der Waals surface area contributed by atoms with Crippen LogP contribution in [0.1, 0.15) is 5.56 Å². The molecule has 0 bridgehead atoms. The summed E-state index contributed by atoms with van der Waals surface area (Å²) in [7, 11) is 1.50. The quantitative estimate of drug-likeness (QED) is 0.928. The molecule has 19 heavy (non-hydrogen) atoms. The van der Waals surface area contributed by atoms with Crippen molar-refractivity contribution in [1.82, 2.24) is 4.98 Å². The Labute approximate surface area is 117 Å². The van der Waals surface area contributed by atoms with E-state index in [1.165, 1.54) is 7.05 Å². The number of aromatic nitrogens is 1. The highest BCUT2D eigenvalue weighted by atomic mass is 79.9. The van der Waals surface area contributed by atoms with Gasteiger partial charge in [-0.05, 0) is 17.7 Å². The molecule has 0 spiro atoms. The van der Waals surface area contributed by atoms with E-state index in [0.717, 1.165) is 16.1 Å². The van der Waals surface area contributed by atoms with E-state index in [2.05, 4.69) is 26.2 Å². The van der Waals surface area contributed by atoms with Gasteiger partial charge in [0.2, 0.25) is 0 Å². The van der Waals surface area contributed by atoms with Crippen molar-refractivity contribution in [3.63, 3.8) is 0 Å². The average molecular weight is 329 g/mol. The largest absolute Gasteiger partial charge is 0.471 e. The van der Waals surface area contributed by atoms with Gasteiger partial charge in [0.15, 0.2) is 17.5 Å². The lowest BCUT2D eigenvalue weighted by molar-refractivity contribution is 0.276. The van der Waals surface area contributed by atoms with Crippen LogP contribution in [0.15, 0.2) is 34.8 Å². The van der Waals surface area contributed by atoms with Gasteiger partial charge < -0.3 is 10.1 Å². The Balaban J connectivity index is 2.13. The molecule has 1 N–H and O–H groups in total. The molecule has 2 aromatic rings. The summed E-state index contributed by atoms with van der Waals surface area (Å²) in [6.45, 7) is 0.159. The monoisotopic (exact) mass is 328 g/mol. The fourth-order valence-corrected chi connectivity index (χ4v) is 1.72. The number of nitrogens with one attached hydrogen (secondary N) is 1. The standard InChI is InChI=1S/C13H11BrF2N2O/c1-17-12-10(15)6-11(16)13(18-12)19-7-8-2-4-9(14)5-3-8/h2-6H,7H2,1H3,(H,17,18). The van der Waals surface area contributed by atoms with Gasteiger partial charge in [0, 0.05) is 17.6 Å². The summed E-state index contributed by atoms with van der Waals surface area (Å²) in [4.78, 5) is 3.73. The van der Waals surface area contributed by atoms with Crippen molar-refractivity contribution < 1.29 is 13.5 Å². The number of halogens is 3. The molecular weight excluding hydrogens is 318 g/mol. The molecule has 2 rings (SSSR count). The fraction of sp³-hybridized carbons (Fsp3) is 0.154. The van der Waals surface area contributed by atoms with Crippen molar-refractivity contribution in [2.45, 2.75) is 6.61 Å². The van der Waals surface area contributed by atoms with E-state index in [9.17, 15) is 8.78 Å². The smallest absolute Gasteiger partial charge is 0.252 e. The molecule has 0 fully saturated rings. The molecule has 1 aromatic carbocycles. The third-order valence-corrected chi connectivity index (χ3v) is 2.95. The highest BCUT2D eigenvalue weighted by Crippen LogP contribution is 2.21. The van der Waals surface area contributed by atoms with Crippen LogP contribution < -0.4 is 10.1 Å². The Bertz CT molecular complexity index is 576. The van der Waals surface area contributed by atoms with Gasteiger partial charge in [-0.1, -0.05) is 28.1 Å². The third kappa shape index (κ3) is 3.41. The van der Waals surface area contributed by atoms with Crippen molar-refractivity contribution in [2.75, 3.05) is 12.4 Å². The molecule has 0 aliphatic rings. The normalized spacial score (nSPS) is 10.3. The van der Waals surface area contributed by atoms with Crippen molar-refractivity contribution in [1.29, 1.82) is 0 Å². The molecule has 0 atom stereocenters. The van der Waals surface area contributed by atoms with Gasteiger partial charge in [-0.15, -0.1) is 0 Å². The van der Waals surface area contributed by atoms with E-state index < -0.39 is 11.6 Å². The lowest BCUT2D eigenvalue weighted by Crippen LogP contribution is -2.04. The number of nitrogens with zero attached hydrogens (tertiary/aromatic N) is 1. The van der Waals surface area contributed by atoms with E-state index in [0.29, 0.717) is 0 Å². The number of hydrogen-bond donors (Lipinski definition) is 1. The molecule has 0 aliphatic carbocycles. The van der Waals surface area contributed by atoms with Crippen molar-refractivity contribution in [3.8, 4) is 5.88 Å². The van der Waals surface area contributed by atoms with Crippen molar-refractivity contribution in [2.24, 2.45) is 0 Å². The summed E-state index contributed by atoms with van der Waals surface area (Å²) in [5, 5.41) is 2.53. The molecule has 1 heterocycles. The van der Waals surface area contributed by atoms with Crippen LogP contribution in [-0.2, 0) is 6.61 Å². The Morgan fingerprint density at radius 3 is 2.53 bits per heavy atom. The molecule has 0 aliphatic heterocycles. The zero-order valence-electron chi connectivity index (χ0n) is 10.1. The lowest BCUT2D eigenvalue weighted by atomic mass is 10.2. The first-order chi connectivity index (χ1) is 9.10. The van der Waals surface area contributed by atoms with E-state index in [1.54, 1.807) is 0 Å². The maximum absolute atomic E-state index is 13.5. The summed E-state index contributed by atoms with van der Waals surface area (Å²) < 4.78 is 32.9. The zero-order chi connectivity index (χ0) is 13.8. The van der Waals surface area contributed by atoms with Crippen LogP contribution in [0.4, 0.5) is 14.6 Å². The zero-order valence-corrected chi connectivity index (χ0v) is 11.7. The molecule has 0 saturated heterocycles. The van der Waals surface area contributed by atoms with E-state index >= 15 is 0 Å². The summed E-state index contributed by atoms with van der Waals surface area (Å²) >= 11 is 3.32. The molecule has 1 aromatic heterocycles. The van der Waals surface area contributed by atoms with Crippen LogP contribution in [-0.4, -0.2) is 12.0 Å². The fourth-order valence-electron chi connectivity index (χ4n) is 1.46. The first kappa shape index (κ1) is 13.7. The minimum atomic E-state index is -0.825. The second kappa shape index (κ2) is 5.97. The highest BCUT2D eigenvalue weighted by Gasteiger charge is 2.12. The van der Waals surface area contributed by atoms with E-state index in [-0.39, 0.29) is 18.3 Å².